The van der Waals surface area contributed by atoms with E-state index in [9.17, 15) is 19.5 Å². The van der Waals surface area contributed by atoms with E-state index < -0.39 is 6.10 Å². The second-order valence-corrected chi connectivity index (χ2v) is 14.3. The summed E-state index contributed by atoms with van der Waals surface area (Å²) in [6.45, 7) is 6.45. The van der Waals surface area contributed by atoms with E-state index >= 15 is 0 Å². The van der Waals surface area contributed by atoms with E-state index in [1.807, 2.05) is 18.2 Å². The molecule has 1 atom stereocenters. The van der Waals surface area contributed by atoms with Crippen LogP contribution < -0.4 is 0 Å². The van der Waals surface area contributed by atoms with E-state index in [-0.39, 0.29) is 37.4 Å². The summed E-state index contributed by atoms with van der Waals surface area (Å²) in [6.07, 6.45) is 43.0. The van der Waals surface area contributed by atoms with Gasteiger partial charge in [0.1, 0.15) is 19.3 Å². The second-order valence-electron chi connectivity index (χ2n) is 14.3. The van der Waals surface area contributed by atoms with Gasteiger partial charge >= 0.3 is 11.9 Å². The van der Waals surface area contributed by atoms with Crippen LogP contribution in [0.5, 0.6) is 0 Å². The molecule has 0 aromatic carbocycles. The number of carbonyl (C=O) groups excluding carboxylic acids is 3. The third-order valence-electron chi connectivity index (χ3n) is 8.72. The van der Waals surface area contributed by atoms with E-state index in [1.165, 1.54) is 83.5 Å². The predicted octanol–water partition coefficient (Wildman–Crippen LogP) is 12.0. The summed E-state index contributed by atoms with van der Waals surface area (Å²) in [5, 5.41) is 10.0. The van der Waals surface area contributed by atoms with E-state index in [2.05, 4.69) is 45.1 Å². The van der Waals surface area contributed by atoms with Crippen molar-refractivity contribution in [1.82, 2.24) is 0 Å². The fraction of sp³-hybridized carbons (Fsp3) is 0.750. The minimum absolute atomic E-state index is 0.147. The fourth-order valence-corrected chi connectivity index (χ4v) is 5.57. The molecule has 0 unspecified atom stereocenters. The van der Waals surface area contributed by atoms with Crippen molar-refractivity contribution in [3.63, 3.8) is 0 Å². The monoisotopic (exact) mass is 701 g/mol. The van der Waals surface area contributed by atoms with Gasteiger partial charge in [0.25, 0.3) is 0 Å². The molecule has 0 saturated carbocycles. The van der Waals surface area contributed by atoms with Gasteiger partial charge in [0.2, 0.25) is 0 Å². The lowest BCUT2D eigenvalue weighted by molar-refractivity contribution is -0.152. The molecule has 0 aliphatic rings. The average molecular weight is 701 g/mol. The number of ether oxygens (including phenoxy) is 2. The van der Waals surface area contributed by atoms with Crippen molar-refractivity contribution in [2.24, 2.45) is 5.92 Å². The lowest BCUT2D eigenvalue weighted by Crippen LogP contribution is -2.25. The largest absolute Gasteiger partial charge is 0.463 e. The van der Waals surface area contributed by atoms with Gasteiger partial charge in [-0.1, -0.05) is 172 Å². The summed E-state index contributed by atoms with van der Waals surface area (Å²) < 4.78 is 10.3. The predicted molar refractivity (Wildman–Crippen MR) is 210 cm³/mol. The smallest absolute Gasteiger partial charge is 0.305 e. The molecule has 1 N–H and O–H groups in total. The first-order valence-electron chi connectivity index (χ1n) is 20.5. The quantitative estimate of drug-likeness (QED) is 0.0230. The highest BCUT2D eigenvalue weighted by atomic mass is 16.6. The summed E-state index contributed by atoms with van der Waals surface area (Å²) in [5.41, 5.74) is 0. The molecule has 0 radical (unpaired) electrons. The van der Waals surface area contributed by atoms with Crippen LogP contribution in [0.3, 0.4) is 0 Å². The van der Waals surface area contributed by atoms with Crippen LogP contribution in [0.1, 0.15) is 188 Å². The highest BCUT2D eigenvalue weighted by molar-refractivity contribution is 5.89. The SMILES string of the molecule is CCCCCC(=O)/C=C/C=C\C/C=C\C/C=C\CCCC(=O)OC[C@H](O)COC(=O)CCCCCCCCCCCCCCCCCC(C)C. The van der Waals surface area contributed by atoms with Gasteiger partial charge in [-0.2, -0.15) is 0 Å². The number of aliphatic hydroxyl groups is 1. The first-order valence-corrected chi connectivity index (χ1v) is 20.5. The summed E-state index contributed by atoms with van der Waals surface area (Å²) in [5.74, 6) is 0.377. The lowest BCUT2D eigenvalue weighted by Gasteiger charge is -2.12. The highest BCUT2D eigenvalue weighted by Crippen LogP contribution is 2.15. The normalized spacial score (nSPS) is 12.7. The maximum absolute atomic E-state index is 12.0. The van der Waals surface area contributed by atoms with Gasteiger partial charge in [0.15, 0.2) is 5.78 Å². The summed E-state index contributed by atoms with van der Waals surface area (Å²) >= 11 is 0. The molecule has 6 heteroatoms. The van der Waals surface area contributed by atoms with Gasteiger partial charge in [0, 0.05) is 19.3 Å². The Morgan fingerprint density at radius 3 is 1.54 bits per heavy atom. The van der Waals surface area contributed by atoms with E-state index in [0.29, 0.717) is 19.3 Å². The molecule has 6 nitrogen and oxygen atoms in total. The Bertz CT molecular complexity index is 915. The highest BCUT2D eigenvalue weighted by Gasteiger charge is 2.12. The average Bonchev–Trinajstić information content (AvgIpc) is 3.09. The Balaban J connectivity index is 3.55. The summed E-state index contributed by atoms with van der Waals surface area (Å²) in [7, 11) is 0. The number of esters is 2. The summed E-state index contributed by atoms with van der Waals surface area (Å²) in [6, 6.07) is 0. The number of rotatable bonds is 36. The molecule has 0 heterocycles. The van der Waals surface area contributed by atoms with Crippen molar-refractivity contribution in [3.05, 3.63) is 48.6 Å². The molecule has 0 aromatic heterocycles. The van der Waals surface area contributed by atoms with Gasteiger partial charge in [-0.25, -0.2) is 0 Å². The molecule has 0 saturated heterocycles. The zero-order valence-corrected chi connectivity index (χ0v) is 32.6. The van der Waals surface area contributed by atoms with Crippen LogP contribution in [0, 0.1) is 5.92 Å². The minimum Gasteiger partial charge on any atom is -0.463 e. The van der Waals surface area contributed by atoms with Crippen LogP contribution >= 0.6 is 0 Å². The van der Waals surface area contributed by atoms with Crippen LogP contribution in [0.25, 0.3) is 0 Å². The van der Waals surface area contributed by atoms with Crippen molar-refractivity contribution in [1.29, 1.82) is 0 Å². The van der Waals surface area contributed by atoms with Crippen molar-refractivity contribution in [3.8, 4) is 0 Å². The minimum atomic E-state index is -1.00. The van der Waals surface area contributed by atoms with Crippen molar-refractivity contribution in [2.45, 2.75) is 194 Å². The number of carbonyl (C=O) groups is 3. The molecule has 50 heavy (non-hydrogen) atoms. The standard InChI is InChI=1S/C44H76O6/c1-4-5-28-34-41(45)35-30-25-21-17-13-11-15-19-23-27-32-37-44(48)50-39-42(46)38-49-43(47)36-31-26-22-18-14-10-8-6-7-9-12-16-20-24-29-33-40(2)3/h11,13,19,21,23,25,30,35,40,42,46H,4-10,12,14-18,20,22,24,26-29,31-34,36-39H2,1-3H3/b13-11-,23-19-,25-21-,35-30+/t42-/m1/s1. The number of unbranched alkanes of at least 4 members (excludes halogenated alkanes) is 17. The topological polar surface area (TPSA) is 89.9 Å². The Labute approximate surface area is 307 Å². The third kappa shape index (κ3) is 38.3. The van der Waals surface area contributed by atoms with Gasteiger partial charge in [0.05, 0.1) is 0 Å². The first-order chi connectivity index (χ1) is 24.3. The Kier molecular flexibility index (Phi) is 35.9. The number of ketones is 1. The second kappa shape index (κ2) is 37.8. The zero-order valence-electron chi connectivity index (χ0n) is 32.6. The molecule has 0 aromatic rings. The molecule has 288 valence electrons. The van der Waals surface area contributed by atoms with Crippen LogP contribution in [-0.2, 0) is 23.9 Å². The van der Waals surface area contributed by atoms with Crippen LogP contribution in [0.4, 0.5) is 0 Å². The fourth-order valence-electron chi connectivity index (χ4n) is 5.57. The summed E-state index contributed by atoms with van der Waals surface area (Å²) in [4.78, 5) is 35.6. The molecular formula is C44H76O6. The van der Waals surface area contributed by atoms with Crippen molar-refractivity contribution in [2.75, 3.05) is 13.2 Å². The maximum Gasteiger partial charge on any atom is 0.305 e. The number of hydrogen-bond acceptors (Lipinski definition) is 6. The number of hydrogen-bond donors (Lipinski definition) is 1. The van der Waals surface area contributed by atoms with Crippen molar-refractivity contribution >= 4 is 17.7 Å². The Hall–Kier alpha value is -2.47. The Morgan fingerprint density at radius 1 is 0.540 bits per heavy atom. The molecule has 0 rings (SSSR count). The molecule has 0 spiro atoms. The molecule has 0 aliphatic carbocycles. The van der Waals surface area contributed by atoms with E-state index in [1.54, 1.807) is 6.08 Å². The zero-order chi connectivity index (χ0) is 36.8. The lowest BCUT2D eigenvalue weighted by atomic mass is 10.0. The van der Waals surface area contributed by atoms with Gasteiger partial charge in [-0.3, -0.25) is 14.4 Å². The maximum atomic E-state index is 12.0. The Morgan fingerprint density at radius 2 is 1.00 bits per heavy atom. The molecule has 0 fully saturated rings. The van der Waals surface area contributed by atoms with Crippen LogP contribution in [0.2, 0.25) is 0 Å². The first kappa shape index (κ1) is 47.5. The van der Waals surface area contributed by atoms with E-state index in [4.69, 9.17) is 9.47 Å². The van der Waals surface area contributed by atoms with E-state index in [0.717, 1.165) is 63.7 Å². The van der Waals surface area contributed by atoms with Gasteiger partial charge < -0.3 is 14.6 Å². The van der Waals surface area contributed by atoms with Crippen LogP contribution in [-0.4, -0.2) is 42.1 Å². The third-order valence-corrected chi connectivity index (χ3v) is 8.72. The molecule has 0 amide bonds. The number of aliphatic hydroxyl groups excluding tert-OH is 1. The molecular weight excluding hydrogens is 624 g/mol. The van der Waals surface area contributed by atoms with Crippen LogP contribution in [0.15, 0.2) is 48.6 Å². The van der Waals surface area contributed by atoms with Gasteiger partial charge in [-0.15, -0.1) is 0 Å². The molecule has 0 bridgehead atoms. The van der Waals surface area contributed by atoms with Gasteiger partial charge in [-0.05, 0) is 50.5 Å². The van der Waals surface area contributed by atoms with Crippen molar-refractivity contribution < 1.29 is 29.0 Å². The molecule has 0 aliphatic heterocycles. The number of allylic oxidation sites excluding steroid dienone is 8.